The molecule has 1 unspecified atom stereocenters. The summed E-state index contributed by atoms with van der Waals surface area (Å²) < 4.78 is 11.1. The van der Waals surface area contributed by atoms with E-state index >= 15 is 0 Å². The van der Waals surface area contributed by atoms with Gasteiger partial charge in [-0.1, -0.05) is 6.07 Å². The molecule has 1 aliphatic heterocycles. The molecule has 1 fully saturated rings. The Morgan fingerprint density at radius 1 is 1.10 bits per heavy atom. The SMILES string of the molecule is Cc1cc(C)cc(OCCN(C)C(C)C(=O)N2CCN(C(=O)c3ccco3)CC2)c1. The first-order valence-corrected chi connectivity index (χ1v) is 10.4. The highest BCUT2D eigenvalue weighted by Gasteiger charge is 2.29. The average molecular weight is 414 g/mol. The predicted molar refractivity (Wildman–Crippen MR) is 115 cm³/mol. The highest BCUT2D eigenvalue weighted by Crippen LogP contribution is 2.16. The second-order valence-corrected chi connectivity index (χ2v) is 7.92. The van der Waals surface area contributed by atoms with Crippen molar-refractivity contribution in [1.29, 1.82) is 0 Å². The predicted octanol–water partition coefficient (Wildman–Crippen LogP) is 2.58. The van der Waals surface area contributed by atoms with E-state index < -0.39 is 0 Å². The number of piperazine rings is 1. The van der Waals surface area contributed by atoms with E-state index in [1.165, 1.54) is 17.4 Å². The zero-order chi connectivity index (χ0) is 21.7. The summed E-state index contributed by atoms with van der Waals surface area (Å²) in [7, 11) is 1.93. The van der Waals surface area contributed by atoms with Gasteiger partial charge in [0, 0.05) is 32.7 Å². The second kappa shape index (κ2) is 9.80. The molecule has 0 aliphatic carbocycles. The van der Waals surface area contributed by atoms with Crippen LogP contribution in [0.5, 0.6) is 5.75 Å². The van der Waals surface area contributed by atoms with Crippen LogP contribution in [-0.4, -0.2) is 78.9 Å². The molecule has 7 heteroatoms. The van der Waals surface area contributed by atoms with Crippen LogP contribution in [-0.2, 0) is 4.79 Å². The quantitative estimate of drug-likeness (QED) is 0.698. The van der Waals surface area contributed by atoms with E-state index in [4.69, 9.17) is 9.15 Å². The maximum atomic E-state index is 12.9. The fourth-order valence-electron chi connectivity index (χ4n) is 3.66. The van der Waals surface area contributed by atoms with Gasteiger partial charge in [-0.15, -0.1) is 0 Å². The van der Waals surface area contributed by atoms with Crippen LogP contribution in [0.3, 0.4) is 0 Å². The highest BCUT2D eigenvalue weighted by atomic mass is 16.5. The number of carbonyl (C=O) groups is 2. The smallest absolute Gasteiger partial charge is 0.289 e. The van der Waals surface area contributed by atoms with E-state index in [2.05, 4.69) is 19.9 Å². The minimum absolute atomic E-state index is 0.0778. The summed E-state index contributed by atoms with van der Waals surface area (Å²) >= 11 is 0. The molecule has 1 aromatic carbocycles. The van der Waals surface area contributed by atoms with Gasteiger partial charge in [0.05, 0.1) is 12.3 Å². The molecular weight excluding hydrogens is 382 g/mol. The molecule has 7 nitrogen and oxygen atoms in total. The molecule has 162 valence electrons. The lowest BCUT2D eigenvalue weighted by molar-refractivity contribution is -0.137. The van der Waals surface area contributed by atoms with Gasteiger partial charge in [0.25, 0.3) is 5.91 Å². The number of ether oxygens (including phenoxy) is 1. The summed E-state index contributed by atoms with van der Waals surface area (Å²) in [5.41, 5.74) is 2.35. The molecule has 0 N–H and O–H groups in total. The van der Waals surface area contributed by atoms with Crippen molar-refractivity contribution in [3.63, 3.8) is 0 Å². The van der Waals surface area contributed by atoms with Crippen LogP contribution in [0.2, 0.25) is 0 Å². The van der Waals surface area contributed by atoms with Crippen molar-refractivity contribution in [3.05, 3.63) is 53.5 Å². The number of likely N-dealkylation sites (N-methyl/N-ethyl adjacent to an activating group) is 1. The Morgan fingerprint density at radius 2 is 1.73 bits per heavy atom. The Kier molecular flexibility index (Phi) is 7.15. The number of nitrogens with zero attached hydrogens (tertiary/aromatic N) is 3. The summed E-state index contributed by atoms with van der Waals surface area (Å²) in [6, 6.07) is 9.27. The molecule has 0 spiro atoms. The highest BCUT2D eigenvalue weighted by molar-refractivity contribution is 5.91. The van der Waals surface area contributed by atoms with Crippen LogP contribution in [0.15, 0.2) is 41.0 Å². The average Bonchev–Trinajstić information content (AvgIpc) is 3.26. The third kappa shape index (κ3) is 5.42. The first-order chi connectivity index (χ1) is 14.3. The third-order valence-corrected chi connectivity index (χ3v) is 5.54. The first-order valence-electron chi connectivity index (χ1n) is 10.4. The van der Waals surface area contributed by atoms with Crippen LogP contribution < -0.4 is 4.74 Å². The summed E-state index contributed by atoms with van der Waals surface area (Å²) in [5, 5.41) is 0. The molecule has 1 aliphatic rings. The molecule has 2 heterocycles. The van der Waals surface area contributed by atoms with Crippen LogP contribution >= 0.6 is 0 Å². The maximum Gasteiger partial charge on any atom is 0.289 e. The van der Waals surface area contributed by atoms with E-state index in [0.717, 1.165) is 5.75 Å². The van der Waals surface area contributed by atoms with Gasteiger partial charge in [-0.05, 0) is 63.2 Å². The second-order valence-electron chi connectivity index (χ2n) is 7.92. The molecular formula is C23H31N3O4. The lowest BCUT2D eigenvalue weighted by Crippen LogP contribution is -2.55. The Balaban J connectivity index is 1.44. The Labute approximate surface area is 178 Å². The van der Waals surface area contributed by atoms with E-state index in [9.17, 15) is 9.59 Å². The largest absolute Gasteiger partial charge is 0.492 e. The van der Waals surface area contributed by atoms with E-state index in [-0.39, 0.29) is 17.9 Å². The van der Waals surface area contributed by atoms with Crippen LogP contribution in [0.25, 0.3) is 0 Å². The Bertz CT molecular complexity index is 837. The number of benzene rings is 1. The maximum absolute atomic E-state index is 12.9. The molecule has 2 aromatic rings. The first kappa shape index (κ1) is 21.9. The fourth-order valence-corrected chi connectivity index (χ4v) is 3.66. The van der Waals surface area contributed by atoms with Crippen molar-refractivity contribution >= 4 is 11.8 Å². The van der Waals surface area contributed by atoms with Crippen molar-refractivity contribution < 1.29 is 18.7 Å². The number of amides is 2. The van der Waals surface area contributed by atoms with E-state index in [0.29, 0.717) is 45.1 Å². The number of furan rings is 1. The topological polar surface area (TPSA) is 66.2 Å². The fraction of sp³-hybridized carbons (Fsp3) is 0.478. The summed E-state index contributed by atoms with van der Waals surface area (Å²) in [6.45, 7) is 9.27. The summed E-state index contributed by atoms with van der Waals surface area (Å²) in [5.74, 6) is 1.15. The summed E-state index contributed by atoms with van der Waals surface area (Å²) in [6.07, 6.45) is 1.49. The van der Waals surface area contributed by atoms with E-state index in [1.54, 1.807) is 17.0 Å². The lowest BCUT2D eigenvalue weighted by atomic mass is 10.1. The Hall–Kier alpha value is -2.80. The molecule has 30 heavy (non-hydrogen) atoms. The van der Waals surface area contributed by atoms with Crippen LogP contribution in [0.1, 0.15) is 28.6 Å². The number of carbonyl (C=O) groups excluding carboxylic acids is 2. The molecule has 0 bridgehead atoms. The van der Waals surface area contributed by atoms with Crippen LogP contribution in [0.4, 0.5) is 0 Å². The Morgan fingerprint density at radius 3 is 2.33 bits per heavy atom. The molecule has 3 rings (SSSR count). The van der Waals surface area contributed by atoms with Crippen molar-refractivity contribution in [3.8, 4) is 5.75 Å². The summed E-state index contributed by atoms with van der Waals surface area (Å²) in [4.78, 5) is 30.8. The van der Waals surface area contributed by atoms with Crippen molar-refractivity contribution in [1.82, 2.24) is 14.7 Å². The minimum atomic E-state index is -0.250. The van der Waals surface area contributed by atoms with Crippen molar-refractivity contribution in [2.45, 2.75) is 26.8 Å². The van der Waals surface area contributed by atoms with Crippen molar-refractivity contribution in [2.75, 3.05) is 46.4 Å². The third-order valence-electron chi connectivity index (χ3n) is 5.54. The van der Waals surface area contributed by atoms with Gasteiger partial charge in [-0.25, -0.2) is 0 Å². The van der Waals surface area contributed by atoms with E-state index in [1.807, 2.05) is 35.9 Å². The number of hydrogen-bond acceptors (Lipinski definition) is 5. The normalized spacial score (nSPS) is 15.4. The number of hydrogen-bond donors (Lipinski definition) is 0. The van der Waals surface area contributed by atoms with Gasteiger partial charge >= 0.3 is 0 Å². The minimum Gasteiger partial charge on any atom is -0.492 e. The monoisotopic (exact) mass is 413 g/mol. The van der Waals surface area contributed by atoms with Gasteiger partial charge in [0.1, 0.15) is 12.4 Å². The van der Waals surface area contributed by atoms with Gasteiger partial charge in [-0.3, -0.25) is 14.5 Å². The molecule has 1 saturated heterocycles. The van der Waals surface area contributed by atoms with Gasteiger partial charge in [-0.2, -0.15) is 0 Å². The van der Waals surface area contributed by atoms with Gasteiger partial charge in [0.2, 0.25) is 5.91 Å². The van der Waals surface area contributed by atoms with Crippen LogP contribution in [0, 0.1) is 13.8 Å². The van der Waals surface area contributed by atoms with Crippen molar-refractivity contribution in [2.24, 2.45) is 0 Å². The standard InChI is InChI=1S/C23H31N3O4/c1-17-14-18(2)16-20(15-17)29-13-11-24(4)19(3)22(27)25-7-9-26(10-8-25)23(28)21-6-5-12-30-21/h5-6,12,14-16,19H,7-11,13H2,1-4H3. The molecule has 2 amide bonds. The number of aryl methyl sites for hydroxylation is 2. The number of rotatable bonds is 7. The zero-order valence-corrected chi connectivity index (χ0v) is 18.3. The zero-order valence-electron chi connectivity index (χ0n) is 18.3. The molecule has 1 atom stereocenters. The molecule has 0 saturated carbocycles. The molecule has 0 radical (unpaired) electrons. The molecule has 1 aromatic heterocycles. The van der Waals surface area contributed by atoms with Gasteiger partial charge in [0.15, 0.2) is 5.76 Å². The van der Waals surface area contributed by atoms with Gasteiger partial charge < -0.3 is 19.0 Å². The lowest BCUT2D eigenvalue weighted by Gasteiger charge is -2.37.